The summed E-state index contributed by atoms with van der Waals surface area (Å²) in [5.41, 5.74) is 4.88. The highest BCUT2D eigenvalue weighted by Gasteiger charge is 2.35. The topological polar surface area (TPSA) is 9.23 Å². The van der Waals surface area contributed by atoms with Crippen LogP contribution in [0.15, 0.2) is 35.4 Å². The van der Waals surface area contributed by atoms with Crippen molar-refractivity contribution in [3.05, 3.63) is 41.0 Å². The number of fused-ring (bicyclic) bond motifs is 1. The first-order chi connectivity index (χ1) is 9.07. The largest absolute Gasteiger partial charge is 0.489 e. The van der Waals surface area contributed by atoms with Gasteiger partial charge in [0.25, 0.3) is 0 Å². The molecule has 1 heterocycles. The number of rotatable bonds is 0. The number of ether oxygens (including phenoxy) is 1. The number of para-hydroxylation sites is 1. The number of hydrogen-bond donors (Lipinski definition) is 0. The van der Waals surface area contributed by atoms with Crippen LogP contribution in [0.1, 0.15) is 57.9 Å². The Morgan fingerprint density at radius 1 is 1.05 bits per heavy atom. The van der Waals surface area contributed by atoms with Gasteiger partial charge < -0.3 is 4.74 Å². The van der Waals surface area contributed by atoms with Gasteiger partial charge in [0.05, 0.1) is 0 Å². The molecule has 0 N–H and O–H groups in total. The molecule has 0 saturated carbocycles. The van der Waals surface area contributed by atoms with Gasteiger partial charge in [-0.05, 0) is 42.7 Å². The van der Waals surface area contributed by atoms with Crippen LogP contribution < -0.4 is 4.74 Å². The van der Waals surface area contributed by atoms with E-state index in [2.05, 4.69) is 45.0 Å². The average molecular weight is 256 g/mol. The molecule has 1 aliphatic heterocycles. The monoisotopic (exact) mass is 256 g/mol. The lowest BCUT2D eigenvalue weighted by Gasteiger charge is -2.35. The van der Waals surface area contributed by atoms with Crippen LogP contribution >= 0.6 is 0 Å². The molecule has 1 aromatic carbocycles. The molecule has 0 amide bonds. The number of hydrogen-bond acceptors (Lipinski definition) is 1. The Hall–Kier alpha value is -1.24. The summed E-state index contributed by atoms with van der Waals surface area (Å²) in [6.07, 6.45) is 5.16. The number of benzene rings is 1. The highest BCUT2D eigenvalue weighted by Crippen LogP contribution is 2.49. The van der Waals surface area contributed by atoms with Gasteiger partial charge in [0.1, 0.15) is 12.4 Å². The second-order valence-electron chi connectivity index (χ2n) is 6.96. The Kier molecular flexibility index (Phi) is 3.16. The molecule has 1 heteroatoms. The zero-order chi connectivity index (χ0) is 13.5. The van der Waals surface area contributed by atoms with Crippen molar-refractivity contribution in [3.8, 4) is 5.75 Å². The Balaban J connectivity index is 2.15. The van der Waals surface area contributed by atoms with Gasteiger partial charge in [-0.25, -0.2) is 0 Å². The zero-order valence-corrected chi connectivity index (χ0v) is 12.3. The summed E-state index contributed by atoms with van der Waals surface area (Å²) in [6, 6.07) is 8.63. The van der Waals surface area contributed by atoms with E-state index in [0.717, 1.165) is 12.4 Å². The summed E-state index contributed by atoms with van der Waals surface area (Å²) in [5.74, 6) is 1.61. The molecule has 0 bridgehead atoms. The van der Waals surface area contributed by atoms with Crippen molar-refractivity contribution >= 4 is 0 Å². The molecule has 2 aliphatic rings. The Morgan fingerprint density at radius 3 is 2.58 bits per heavy atom. The molecule has 1 atom stereocenters. The Morgan fingerprint density at radius 2 is 1.79 bits per heavy atom. The van der Waals surface area contributed by atoms with Crippen molar-refractivity contribution < 1.29 is 4.74 Å². The molecule has 1 aromatic rings. The van der Waals surface area contributed by atoms with Gasteiger partial charge in [0, 0.05) is 11.5 Å². The van der Waals surface area contributed by atoms with Gasteiger partial charge in [0.15, 0.2) is 0 Å². The van der Waals surface area contributed by atoms with E-state index in [0.29, 0.717) is 5.92 Å². The summed E-state index contributed by atoms with van der Waals surface area (Å²) in [6.45, 7) is 7.88. The molecule has 19 heavy (non-hydrogen) atoms. The summed E-state index contributed by atoms with van der Waals surface area (Å²) in [4.78, 5) is 0. The molecule has 0 saturated heterocycles. The third-order valence-corrected chi connectivity index (χ3v) is 4.48. The minimum Gasteiger partial charge on any atom is -0.489 e. The summed E-state index contributed by atoms with van der Waals surface area (Å²) < 4.78 is 6.09. The zero-order valence-electron chi connectivity index (χ0n) is 12.3. The van der Waals surface area contributed by atoms with E-state index in [1.54, 1.807) is 11.1 Å². The maximum absolute atomic E-state index is 6.09. The van der Waals surface area contributed by atoms with Crippen LogP contribution in [0.4, 0.5) is 0 Å². The van der Waals surface area contributed by atoms with Crippen molar-refractivity contribution in [2.75, 3.05) is 6.61 Å². The lowest BCUT2D eigenvalue weighted by atomic mass is 9.68. The fourth-order valence-corrected chi connectivity index (χ4v) is 3.70. The standard InChI is InChI=1S/C18H24O/c1-18(2,3)17-14-9-5-4-8-13(14)12-19-16-11-7-6-10-15(16)17/h6-7,10-11,17H,4-5,8-9,12H2,1-3H3. The molecule has 1 aliphatic carbocycles. The minimum absolute atomic E-state index is 0.252. The highest BCUT2D eigenvalue weighted by atomic mass is 16.5. The van der Waals surface area contributed by atoms with Crippen LogP contribution in [0, 0.1) is 5.41 Å². The van der Waals surface area contributed by atoms with Gasteiger partial charge in [-0.3, -0.25) is 0 Å². The predicted molar refractivity (Wildman–Crippen MR) is 79.6 cm³/mol. The maximum Gasteiger partial charge on any atom is 0.123 e. The average Bonchev–Trinajstić information content (AvgIpc) is 2.54. The molecule has 0 fully saturated rings. The van der Waals surface area contributed by atoms with Crippen LogP contribution in [-0.2, 0) is 0 Å². The lowest BCUT2D eigenvalue weighted by molar-refractivity contribution is 0.336. The van der Waals surface area contributed by atoms with Crippen molar-refractivity contribution in [1.82, 2.24) is 0 Å². The Labute approximate surface area is 116 Å². The van der Waals surface area contributed by atoms with Gasteiger partial charge in [-0.15, -0.1) is 0 Å². The van der Waals surface area contributed by atoms with E-state index in [4.69, 9.17) is 4.74 Å². The SMILES string of the molecule is CC(C)(C)C1C2=C(CCCC2)COc2ccccc21. The van der Waals surface area contributed by atoms with Crippen LogP contribution in [0.25, 0.3) is 0 Å². The molecule has 0 spiro atoms. The molecular formula is C18H24O. The van der Waals surface area contributed by atoms with E-state index < -0.39 is 0 Å². The molecule has 1 nitrogen and oxygen atoms in total. The van der Waals surface area contributed by atoms with Crippen molar-refractivity contribution in [3.63, 3.8) is 0 Å². The van der Waals surface area contributed by atoms with E-state index in [9.17, 15) is 0 Å². The third-order valence-electron chi connectivity index (χ3n) is 4.48. The summed E-state index contributed by atoms with van der Waals surface area (Å²) in [7, 11) is 0. The van der Waals surface area contributed by atoms with Crippen LogP contribution in [0.5, 0.6) is 5.75 Å². The highest BCUT2D eigenvalue weighted by molar-refractivity contribution is 5.46. The van der Waals surface area contributed by atoms with Gasteiger partial charge in [-0.1, -0.05) is 44.5 Å². The molecule has 102 valence electrons. The second-order valence-corrected chi connectivity index (χ2v) is 6.96. The van der Waals surface area contributed by atoms with E-state index in [1.165, 1.54) is 31.2 Å². The fraction of sp³-hybridized carbons (Fsp3) is 0.556. The number of allylic oxidation sites excluding steroid dienone is 1. The molecule has 1 unspecified atom stereocenters. The normalized spacial score (nSPS) is 23.2. The van der Waals surface area contributed by atoms with Crippen LogP contribution in [-0.4, -0.2) is 6.61 Å². The first-order valence-electron chi connectivity index (χ1n) is 7.50. The minimum atomic E-state index is 0.252. The van der Waals surface area contributed by atoms with E-state index in [1.807, 2.05) is 0 Å². The fourth-order valence-electron chi connectivity index (χ4n) is 3.70. The lowest BCUT2D eigenvalue weighted by Crippen LogP contribution is -2.22. The molecular weight excluding hydrogens is 232 g/mol. The molecule has 3 rings (SSSR count). The van der Waals surface area contributed by atoms with E-state index in [-0.39, 0.29) is 5.41 Å². The third kappa shape index (κ3) is 2.31. The predicted octanol–water partition coefficient (Wildman–Crippen LogP) is 5.08. The maximum atomic E-state index is 6.09. The Bertz CT molecular complexity index is 505. The first kappa shape index (κ1) is 12.8. The molecule has 0 radical (unpaired) electrons. The second kappa shape index (κ2) is 4.70. The van der Waals surface area contributed by atoms with Gasteiger partial charge >= 0.3 is 0 Å². The quantitative estimate of drug-likeness (QED) is 0.588. The van der Waals surface area contributed by atoms with Crippen molar-refractivity contribution in [2.45, 2.75) is 52.4 Å². The van der Waals surface area contributed by atoms with Crippen LogP contribution in [0.3, 0.4) is 0 Å². The van der Waals surface area contributed by atoms with Crippen molar-refractivity contribution in [1.29, 1.82) is 0 Å². The smallest absolute Gasteiger partial charge is 0.123 e. The van der Waals surface area contributed by atoms with Crippen molar-refractivity contribution in [2.24, 2.45) is 5.41 Å². The summed E-state index contributed by atoms with van der Waals surface area (Å²) >= 11 is 0. The molecule has 0 aromatic heterocycles. The summed E-state index contributed by atoms with van der Waals surface area (Å²) in [5, 5.41) is 0. The van der Waals surface area contributed by atoms with Gasteiger partial charge in [-0.2, -0.15) is 0 Å². The van der Waals surface area contributed by atoms with Gasteiger partial charge in [0.2, 0.25) is 0 Å². The first-order valence-corrected chi connectivity index (χ1v) is 7.50. The van der Waals surface area contributed by atoms with Crippen LogP contribution in [0.2, 0.25) is 0 Å². The van der Waals surface area contributed by atoms with E-state index >= 15 is 0 Å².